The van der Waals surface area contributed by atoms with Crippen LogP contribution < -0.4 is 5.32 Å². The lowest BCUT2D eigenvalue weighted by Crippen LogP contribution is -2.66. The number of carbonyl (C=O) groups is 1. The van der Waals surface area contributed by atoms with Crippen molar-refractivity contribution in [3.8, 4) is 0 Å². The summed E-state index contributed by atoms with van der Waals surface area (Å²) in [5.74, 6) is -0.315. The molecule has 0 aromatic rings. The molecular formula is C75H125NO18. The first-order valence-corrected chi connectivity index (χ1v) is 35.8. The zero-order valence-electron chi connectivity index (χ0n) is 56.9. The van der Waals surface area contributed by atoms with E-state index >= 15 is 0 Å². The minimum absolute atomic E-state index is 0.197. The SMILES string of the molecule is CC/C=C\C/C=C\C/C=C\C/C=C\C/C=C\C/C=C\C/C=C\C/C=C\CCCCCCC(=O)NC(COC1OC(CO)C(OC2OC(CO)C(OC3OC(CO)C(O)C(O)C3O)C(O)C2O)C(O)C1O)C(O)/C=C/CC/C=C/CCCCCCCCCCCCCCCC. The van der Waals surface area contributed by atoms with Gasteiger partial charge in [-0.25, -0.2) is 0 Å². The molecule has 3 aliphatic heterocycles. The molecule has 19 nitrogen and oxygen atoms in total. The first-order valence-electron chi connectivity index (χ1n) is 35.8. The van der Waals surface area contributed by atoms with Gasteiger partial charge < -0.3 is 89.9 Å². The van der Waals surface area contributed by atoms with Gasteiger partial charge >= 0.3 is 0 Å². The van der Waals surface area contributed by atoms with Crippen LogP contribution in [0.2, 0.25) is 0 Å². The quantitative estimate of drug-likeness (QED) is 0.0199. The predicted octanol–water partition coefficient (Wildman–Crippen LogP) is 9.99. The zero-order valence-corrected chi connectivity index (χ0v) is 56.9. The Labute approximate surface area is 563 Å². The van der Waals surface area contributed by atoms with Crippen molar-refractivity contribution >= 4 is 5.91 Å². The largest absolute Gasteiger partial charge is 0.394 e. The van der Waals surface area contributed by atoms with Crippen molar-refractivity contribution in [2.45, 2.75) is 317 Å². The van der Waals surface area contributed by atoms with E-state index in [4.69, 9.17) is 28.4 Å². The number of allylic oxidation sites excluding steroid dienone is 19. The van der Waals surface area contributed by atoms with E-state index in [1.54, 1.807) is 6.08 Å². The van der Waals surface area contributed by atoms with E-state index in [1.807, 2.05) is 6.08 Å². The van der Waals surface area contributed by atoms with Crippen LogP contribution in [0.25, 0.3) is 0 Å². The van der Waals surface area contributed by atoms with Crippen molar-refractivity contribution in [2.24, 2.45) is 0 Å². The predicted molar refractivity (Wildman–Crippen MR) is 369 cm³/mol. The smallest absolute Gasteiger partial charge is 0.220 e. The van der Waals surface area contributed by atoms with Gasteiger partial charge in [-0.05, 0) is 96.3 Å². The van der Waals surface area contributed by atoms with Crippen LogP contribution in [-0.2, 0) is 33.2 Å². The Bertz CT molecular complexity index is 2180. The average Bonchev–Trinajstić information content (AvgIpc) is 0.787. The summed E-state index contributed by atoms with van der Waals surface area (Å²) < 4.78 is 34.3. The Balaban J connectivity index is 1.45. The van der Waals surface area contributed by atoms with Crippen LogP contribution in [0, 0.1) is 0 Å². The van der Waals surface area contributed by atoms with Crippen LogP contribution >= 0.6 is 0 Å². The fourth-order valence-electron chi connectivity index (χ4n) is 11.2. The molecule has 3 rings (SSSR count). The summed E-state index contributed by atoms with van der Waals surface area (Å²) in [6, 6.07) is -1.01. The highest BCUT2D eigenvalue weighted by atomic mass is 16.8. The van der Waals surface area contributed by atoms with Gasteiger partial charge in [0.1, 0.15) is 73.2 Å². The Morgan fingerprint density at radius 3 is 1.19 bits per heavy atom. The van der Waals surface area contributed by atoms with E-state index in [0.717, 1.165) is 96.3 Å². The van der Waals surface area contributed by atoms with Crippen LogP contribution in [0.4, 0.5) is 0 Å². The first kappa shape index (κ1) is 84.4. The minimum atomic E-state index is -1.99. The Hall–Kier alpha value is -3.81. The summed E-state index contributed by atoms with van der Waals surface area (Å²) in [5, 5.41) is 121. The molecule has 3 fully saturated rings. The van der Waals surface area contributed by atoms with Crippen LogP contribution in [0.5, 0.6) is 0 Å². The maximum absolute atomic E-state index is 13.4. The van der Waals surface area contributed by atoms with Crippen molar-refractivity contribution in [2.75, 3.05) is 26.4 Å². The van der Waals surface area contributed by atoms with Crippen molar-refractivity contribution in [3.05, 3.63) is 122 Å². The molecular weight excluding hydrogens is 1200 g/mol. The van der Waals surface area contributed by atoms with Crippen molar-refractivity contribution < 1.29 is 89.4 Å². The molecule has 19 heteroatoms. The zero-order chi connectivity index (χ0) is 68.2. The van der Waals surface area contributed by atoms with E-state index in [2.05, 4.69) is 129 Å². The van der Waals surface area contributed by atoms with Gasteiger partial charge in [-0.3, -0.25) is 4.79 Å². The first-order chi connectivity index (χ1) is 45.8. The van der Waals surface area contributed by atoms with Crippen molar-refractivity contribution in [1.29, 1.82) is 0 Å². The van der Waals surface area contributed by atoms with Crippen molar-refractivity contribution in [1.82, 2.24) is 5.32 Å². The van der Waals surface area contributed by atoms with Gasteiger partial charge in [0.15, 0.2) is 18.9 Å². The lowest BCUT2D eigenvalue weighted by atomic mass is 9.96. The molecule has 538 valence electrons. The Morgan fingerprint density at radius 2 is 0.745 bits per heavy atom. The summed E-state index contributed by atoms with van der Waals surface area (Å²) in [4.78, 5) is 13.4. The fraction of sp³-hybridized carbons (Fsp3) is 0.720. The molecule has 3 heterocycles. The monoisotopic (exact) mass is 1330 g/mol. The maximum atomic E-state index is 13.4. The number of nitrogens with one attached hydrogen (secondary N) is 1. The molecule has 0 aliphatic carbocycles. The van der Waals surface area contributed by atoms with Gasteiger partial charge in [-0.2, -0.15) is 0 Å². The number of aliphatic hydroxyl groups excluding tert-OH is 11. The van der Waals surface area contributed by atoms with Gasteiger partial charge in [0.2, 0.25) is 5.91 Å². The number of ether oxygens (including phenoxy) is 6. The van der Waals surface area contributed by atoms with E-state index in [9.17, 15) is 61.0 Å². The highest BCUT2D eigenvalue weighted by Crippen LogP contribution is 2.33. The lowest BCUT2D eigenvalue weighted by Gasteiger charge is -2.48. The van der Waals surface area contributed by atoms with Gasteiger partial charge in [-0.1, -0.05) is 232 Å². The summed E-state index contributed by atoms with van der Waals surface area (Å²) in [7, 11) is 0. The van der Waals surface area contributed by atoms with Gasteiger partial charge in [0.05, 0.1) is 38.6 Å². The minimum Gasteiger partial charge on any atom is -0.394 e. The van der Waals surface area contributed by atoms with E-state index in [0.29, 0.717) is 12.8 Å². The van der Waals surface area contributed by atoms with E-state index in [1.165, 1.54) is 83.5 Å². The molecule has 0 radical (unpaired) electrons. The number of carbonyl (C=O) groups excluding carboxylic acids is 1. The normalized spacial score (nSPS) is 28.1. The second kappa shape index (κ2) is 55.1. The standard InChI is InChI=1S/C75H125NO18/c1-3-5-7-9-11-13-15-17-19-21-23-25-26-27-28-29-30-31-32-33-35-37-39-41-43-45-47-49-51-53-63(81)76-58(59(80)52-50-48-46-44-42-40-38-36-34-24-22-20-18-16-14-12-10-8-6-4-2)57-89-73-69(87)66(84)71(61(55-78)91-73)94-75-70(88)67(85)72(62(56-79)92-75)93-74-68(86)65(83)64(82)60(54-77)90-74/h5,7,11,13,17,19,23,25,27-28,30-31,33,35,39,41-42,44,50,52,58-62,64-75,77-80,82-88H,3-4,6,8-10,12,14-16,18,20-22,24,26,29,32,34,36-38,40,43,45-49,51,53-57H2,1-2H3,(H,76,81)/b7-5-,13-11-,19-17-,25-23-,28-27-,31-30-,35-33-,41-39-,44-42+,52-50+. The van der Waals surface area contributed by atoms with Crippen LogP contribution in [-0.4, -0.2) is 193 Å². The number of amides is 1. The fourth-order valence-corrected chi connectivity index (χ4v) is 11.2. The third kappa shape index (κ3) is 36.1. The van der Waals surface area contributed by atoms with E-state index < -0.39 is 124 Å². The van der Waals surface area contributed by atoms with E-state index in [-0.39, 0.29) is 18.9 Å². The van der Waals surface area contributed by atoms with Gasteiger partial charge in [-0.15, -0.1) is 0 Å². The van der Waals surface area contributed by atoms with Crippen LogP contribution in [0.3, 0.4) is 0 Å². The molecule has 0 saturated carbocycles. The highest BCUT2D eigenvalue weighted by Gasteiger charge is 2.53. The van der Waals surface area contributed by atoms with Crippen molar-refractivity contribution in [3.63, 3.8) is 0 Å². The Kier molecular flexibility index (Phi) is 49.5. The molecule has 17 atom stereocenters. The number of rotatable bonds is 53. The van der Waals surface area contributed by atoms with Crippen LogP contribution in [0.1, 0.15) is 213 Å². The topological polar surface area (TPSA) is 307 Å². The second-order valence-corrected chi connectivity index (χ2v) is 25.0. The number of hydrogen-bond acceptors (Lipinski definition) is 18. The molecule has 0 aromatic heterocycles. The summed E-state index contributed by atoms with van der Waals surface area (Å²) in [5.41, 5.74) is 0. The molecule has 1 amide bonds. The lowest BCUT2D eigenvalue weighted by molar-refractivity contribution is -0.379. The molecule has 12 N–H and O–H groups in total. The molecule has 3 saturated heterocycles. The third-order valence-electron chi connectivity index (χ3n) is 17.0. The second-order valence-electron chi connectivity index (χ2n) is 25.0. The number of hydrogen-bond donors (Lipinski definition) is 12. The molecule has 0 spiro atoms. The Morgan fingerprint density at radius 1 is 0.394 bits per heavy atom. The molecule has 0 bridgehead atoms. The number of aliphatic hydroxyl groups is 11. The molecule has 17 unspecified atom stereocenters. The molecule has 94 heavy (non-hydrogen) atoms. The molecule has 0 aromatic carbocycles. The summed E-state index contributed by atoms with van der Waals surface area (Å²) in [6.07, 6.45) is 48.8. The highest BCUT2D eigenvalue weighted by molar-refractivity contribution is 5.76. The number of unbranched alkanes of at least 4 members (excludes halogenated alkanes) is 19. The van der Waals surface area contributed by atoms with Gasteiger partial charge in [0, 0.05) is 6.42 Å². The summed E-state index contributed by atoms with van der Waals surface area (Å²) in [6.45, 7) is 1.57. The summed E-state index contributed by atoms with van der Waals surface area (Å²) >= 11 is 0. The third-order valence-corrected chi connectivity index (χ3v) is 17.0. The maximum Gasteiger partial charge on any atom is 0.220 e. The van der Waals surface area contributed by atoms with Crippen LogP contribution in [0.15, 0.2) is 122 Å². The molecule has 3 aliphatic rings. The average molecular weight is 1330 g/mol. The van der Waals surface area contributed by atoms with Gasteiger partial charge in [0.25, 0.3) is 0 Å².